The van der Waals surface area contributed by atoms with Gasteiger partial charge in [0.05, 0.1) is 6.61 Å². The summed E-state index contributed by atoms with van der Waals surface area (Å²) in [6.07, 6.45) is 1.87. The van der Waals surface area contributed by atoms with Crippen molar-refractivity contribution in [2.45, 2.75) is 26.0 Å². The summed E-state index contributed by atoms with van der Waals surface area (Å²) in [7, 11) is 0. The third kappa shape index (κ3) is 2.53. The zero-order chi connectivity index (χ0) is 11.5. The lowest BCUT2D eigenvalue weighted by Crippen LogP contribution is -2.19. The van der Waals surface area contributed by atoms with Gasteiger partial charge in [-0.2, -0.15) is 11.8 Å². The highest BCUT2D eigenvalue weighted by molar-refractivity contribution is 7.99. The van der Waals surface area contributed by atoms with E-state index in [4.69, 9.17) is 10.5 Å². The van der Waals surface area contributed by atoms with Crippen molar-refractivity contribution in [1.29, 1.82) is 0 Å². The predicted octanol–water partition coefficient (Wildman–Crippen LogP) is 1.61. The van der Waals surface area contributed by atoms with Gasteiger partial charge in [-0.15, -0.1) is 0 Å². The van der Waals surface area contributed by atoms with Crippen LogP contribution in [0.3, 0.4) is 0 Å². The van der Waals surface area contributed by atoms with Crippen LogP contribution in [0.1, 0.15) is 36.2 Å². The lowest BCUT2D eigenvalue weighted by Gasteiger charge is -2.21. The molecule has 0 aromatic carbocycles. The van der Waals surface area contributed by atoms with Gasteiger partial charge in [-0.05, 0) is 13.8 Å². The van der Waals surface area contributed by atoms with Crippen LogP contribution in [0.25, 0.3) is 0 Å². The van der Waals surface area contributed by atoms with Gasteiger partial charge in [-0.3, -0.25) is 0 Å². The fourth-order valence-corrected chi connectivity index (χ4v) is 2.57. The van der Waals surface area contributed by atoms with Crippen molar-refractivity contribution in [3.8, 4) is 0 Å². The SMILES string of the molecule is Cc1nc(C2CSCCO2)ncc1C(C)N. The molecule has 1 saturated heterocycles. The molecule has 0 aliphatic carbocycles. The maximum atomic E-state index is 5.83. The average molecular weight is 239 g/mol. The minimum atomic E-state index is -0.0179. The van der Waals surface area contributed by atoms with E-state index in [1.54, 1.807) is 0 Å². The van der Waals surface area contributed by atoms with Crippen LogP contribution in [-0.4, -0.2) is 28.1 Å². The molecule has 2 rings (SSSR count). The number of hydrogen-bond acceptors (Lipinski definition) is 5. The van der Waals surface area contributed by atoms with Crippen LogP contribution in [0.5, 0.6) is 0 Å². The third-order valence-electron chi connectivity index (χ3n) is 2.63. The highest BCUT2D eigenvalue weighted by atomic mass is 32.2. The van der Waals surface area contributed by atoms with Crippen LogP contribution in [0.4, 0.5) is 0 Å². The van der Waals surface area contributed by atoms with Gasteiger partial charge in [0, 0.05) is 35.0 Å². The second-order valence-electron chi connectivity index (χ2n) is 3.99. The third-order valence-corrected chi connectivity index (χ3v) is 3.62. The number of aryl methyl sites for hydroxylation is 1. The lowest BCUT2D eigenvalue weighted by atomic mass is 10.1. The summed E-state index contributed by atoms with van der Waals surface area (Å²) in [5.74, 6) is 2.79. The van der Waals surface area contributed by atoms with E-state index >= 15 is 0 Å². The molecular formula is C11H17N3OS. The van der Waals surface area contributed by atoms with Crippen molar-refractivity contribution >= 4 is 11.8 Å². The molecule has 2 heterocycles. The topological polar surface area (TPSA) is 61.0 Å². The van der Waals surface area contributed by atoms with Crippen molar-refractivity contribution in [3.63, 3.8) is 0 Å². The van der Waals surface area contributed by atoms with Gasteiger partial charge in [0.25, 0.3) is 0 Å². The molecule has 1 aromatic heterocycles. The molecular weight excluding hydrogens is 222 g/mol. The predicted molar refractivity (Wildman–Crippen MR) is 65.4 cm³/mol. The molecule has 2 unspecified atom stereocenters. The van der Waals surface area contributed by atoms with E-state index in [1.807, 2.05) is 31.8 Å². The van der Waals surface area contributed by atoms with Gasteiger partial charge in [-0.1, -0.05) is 0 Å². The first-order valence-electron chi connectivity index (χ1n) is 5.47. The quantitative estimate of drug-likeness (QED) is 0.849. The lowest BCUT2D eigenvalue weighted by molar-refractivity contribution is 0.0692. The molecule has 1 aliphatic heterocycles. The van der Waals surface area contributed by atoms with Gasteiger partial charge < -0.3 is 10.5 Å². The Kier molecular flexibility index (Phi) is 3.78. The van der Waals surface area contributed by atoms with Crippen LogP contribution in [-0.2, 0) is 4.74 Å². The van der Waals surface area contributed by atoms with Gasteiger partial charge >= 0.3 is 0 Å². The number of nitrogens with two attached hydrogens (primary N) is 1. The molecule has 0 amide bonds. The van der Waals surface area contributed by atoms with Crippen LogP contribution in [0.2, 0.25) is 0 Å². The van der Waals surface area contributed by atoms with E-state index in [1.165, 1.54) is 0 Å². The maximum Gasteiger partial charge on any atom is 0.158 e. The summed E-state index contributed by atoms with van der Waals surface area (Å²) in [6, 6.07) is -0.0179. The zero-order valence-electron chi connectivity index (χ0n) is 9.64. The minimum absolute atomic E-state index is 0.0179. The second-order valence-corrected chi connectivity index (χ2v) is 5.14. The molecule has 1 fully saturated rings. The fourth-order valence-electron chi connectivity index (χ4n) is 1.73. The Bertz CT molecular complexity index is 364. The van der Waals surface area contributed by atoms with Crippen molar-refractivity contribution in [1.82, 2.24) is 9.97 Å². The van der Waals surface area contributed by atoms with Gasteiger partial charge in [0.1, 0.15) is 6.10 Å². The van der Waals surface area contributed by atoms with Crippen LogP contribution in [0.15, 0.2) is 6.20 Å². The smallest absolute Gasteiger partial charge is 0.158 e. The van der Waals surface area contributed by atoms with Crippen molar-refractivity contribution in [3.05, 3.63) is 23.3 Å². The van der Waals surface area contributed by atoms with Crippen molar-refractivity contribution < 1.29 is 4.74 Å². The summed E-state index contributed by atoms with van der Waals surface area (Å²) in [6.45, 7) is 4.70. The fraction of sp³-hybridized carbons (Fsp3) is 0.636. The second kappa shape index (κ2) is 5.12. The average Bonchev–Trinajstić information content (AvgIpc) is 2.29. The maximum absolute atomic E-state index is 5.83. The molecule has 4 nitrogen and oxygen atoms in total. The first-order chi connectivity index (χ1) is 7.68. The number of aromatic nitrogens is 2. The Labute approximate surface area is 100.0 Å². The number of thioether (sulfide) groups is 1. The van der Waals surface area contributed by atoms with Crippen LogP contribution in [0, 0.1) is 6.92 Å². The Balaban J connectivity index is 2.19. The standard InChI is InChI=1S/C11H17N3OS/c1-7(12)9-5-13-11(14-8(9)2)10-6-16-4-3-15-10/h5,7,10H,3-4,6,12H2,1-2H3. The summed E-state index contributed by atoms with van der Waals surface area (Å²) in [5.41, 5.74) is 7.79. The normalized spacial score (nSPS) is 23.1. The van der Waals surface area contributed by atoms with E-state index in [9.17, 15) is 0 Å². The molecule has 0 spiro atoms. The summed E-state index contributed by atoms with van der Waals surface area (Å²) < 4.78 is 5.64. The summed E-state index contributed by atoms with van der Waals surface area (Å²) in [5, 5.41) is 0. The summed E-state index contributed by atoms with van der Waals surface area (Å²) >= 11 is 1.88. The van der Waals surface area contributed by atoms with Gasteiger partial charge in [0.2, 0.25) is 0 Å². The Morgan fingerprint density at radius 1 is 1.62 bits per heavy atom. The number of rotatable bonds is 2. The molecule has 0 bridgehead atoms. The number of nitrogens with zero attached hydrogens (tertiary/aromatic N) is 2. The highest BCUT2D eigenvalue weighted by Gasteiger charge is 2.20. The van der Waals surface area contributed by atoms with Gasteiger partial charge in [0.15, 0.2) is 5.82 Å². The highest BCUT2D eigenvalue weighted by Crippen LogP contribution is 2.25. The molecule has 16 heavy (non-hydrogen) atoms. The first kappa shape index (κ1) is 11.8. The van der Waals surface area contributed by atoms with E-state index < -0.39 is 0 Å². The van der Waals surface area contributed by atoms with Crippen molar-refractivity contribution in [2.75, 3.05) is 18.1 Å². The molecule has 5 heteroatoms. The number of hydrogen-bond donors (Lipinski definition) is 1. The Hall–Kier alpha value is -0.650. The zero-order valence-corrected chi connectivity index (χ0v) is 10.5. The van der Waals surface area contributed by atoms with E-state index in [0.717, 1.165) is 35.2 Å². The van der Waals surface area contributed by atoms with Crippen LogP contribution >= 0.6 is 11.8 Å². The van der Waals surface area contributed by atoms with Gasteiger partial charge in [-0.25, -0.2) is 9.97 Å². The Morgan fingerprint density at radius 3 is 3.00 bits per heavy atom. The molecule has 2 atom stereocenters. The minimum Gasteiger partial charge on any atom is -0.368 e. The number of ether oxygens (including phenoxy) is 1. The molecule has 88 valence electrons. The van der Waals surface area contributed by atoms with E-state index in [-0.39, 0.29) is 12.1 Å². The Morgan fingerprint density at radius 2 is 2.44 bits per heavy atom. The summed E-state index contributed by atoms with van der Waals surface area (Å²) in [4.78, 5) is 8.84. The first-order valence-corrected chi connectivity index (χ1v) is 6.62. The molecule has 1 aliphatic rings. The van der Waals surface area contributed by atoms with Crippen molar-refractivity contribution in [2.24, 2.45) is 5.73 Å². The van der Waals surface area contributed by atoms with E-state index in [2.05, 4.69) is 9.97 Å². The molecule has 0 saturated carbocycles. The molecule has 0 radical (unpaired) electrons. The van der Waals surface area contributed by atoms with E-state index in [0.29, 0.717) is 0 Å². The monoisotopic (exact) mass is 239 g/mol. The largest absolute Gasteiger partial charge is 0.368 e. The molecule has 2 N–H and O–H groups in total. The van der Waals surface area contributed by atoms with Crippen LogP contribution < -0.4 is 5.73 Å². The molecule has 1 aromatic rings.